The van der Waals surface area contributed by atoms with Crippen molar-refractivity contribution in [2.75, 3.05) is 0 Å². The molecule has 1 heterocycles. The van der Waals surface area contributed by atoms with E-state index in [2.05, 4.69) is 4.98 Å². The number of aromatic nitrogens is 1. The number of ketones is 1. The number of benzene rings is 2. The Morgan fingerprint density at radius 2 is 1.85 bits per heavy atom. The second-order valence-electron chi connectivity index (χ2n) is 6.18. The molecular weight excluding hydrogens is 340 g/mol. The summed E-state index contributed by atoms with van der Waals surface area (Å²) in [5.74, 6) is -0.845. The molecule has 0 aliphatic carbocycles. The number of ether oxygens (including phenoxy) is 1. The standard InChI is InChI=1S/C22H18N2O3/c1-14-21(18-5-3-4-6-19(18)24-14)22(26)15(2)27-20(25)12-11-16-7-9-17(13-23)10-8-16/h3-12,15,24H,1-2H3/b12-11+/t15-/m1/s1. The molecule has 0 saturated heterocycles. The summed E-state index contributed by atoms with van der Waals surface area (Å²) in [6.45, 7) is 3.39. The number of nitriles is 1. The average Bonchev–Trinajstić information content (AvgIpc) is 3.01. The lowest BCUT2D eigenvalue weighted by Gasteiger charge is -2.11. The summed E-state index contributed by atoms with van der Waals surface area (Å²) >= 11 is 0. The van der Waals surface area contributed by atoms with Crippen LogP contribution in [0, 0.1) is 18.3 Å². The molecule has 5 heteroatoms. The van der Waals surface area contributed by atoms with E-state index in [-0.39, 0.29) is 5.78 Å². The Morgan fingerprint density at radius 3 is 2.56 bits per heavy atom. The highest BCUT2D eigenvalue weighted by Crippen LogP contribution is 2.23. The number of carbonyl (C=O) groups excluding carboxylic acids is 2. The number of aromatic amines is 1. The molecule has 0 unspecified atom stereocenters. The number of hydrogen-bond donors (Lipinski definition) is 1. The van der Waals surface area contributed by atoms with Crippen molar-refractivity contribution >= 4 is 28.7 Å². The lowest BCUT2D eigenvalue weighted by Crippen LogP contribution is -2.24. The predicted octanol–water partition coefficient (Wildman–Crippen LogP) is 4.18. The topological polar surface area (TPSA) is 83.0 Å². The molecule has 0 fully saturated rings. The van der Waals surface area contributed by atoms with Crippen molar-refractivity contribution in [1.82, 2.24) is 4.98 Å². The van der Waals surface area contributed by atoms with Gasteiger partial charge in [0.2, 0.25) is 5.78 Å². The number of nitrogens with one attached hydrogen (secondary N) is 1. The van der Waals surface area contributed by atoms with Gasteiger partial charge < -0.3 is 9.72 Å². The monoisotopic (exact) mass is 358 g/mol. The third kappa shape index (κ3) is 3.96. The summed E-state index contributed by atoms with van der Waals surface area (Å²) in [6, 6.07) is 16.3. The summed E-state index contributed by atoms with van der Waals surface area (Å²) in [6.07, 6.45) is 1.95. The van der Waals surface area contributed by atoms with Gasteiger partial charge in [0, 0.05) is 28.2 Å². The van der Waals surface area contributed by atoms with Gasteiger partial charge in [-0.15, -0.1) is 0 Å². The van der Waals surface area contributed by atoms with E-state index in [0.29, 0.717) is 11.1 Å². The quantitative estimate of drug-likeness (QED) is 0.421. The SMILES string of the molecule is Cc1[nH]c2ccccc2c1C(=O)[C@@H](C)OC(=O)/C=C/c1ccc(C#N)cc1. The van der Waals surface area contributed by atoms with Crippen LogP contribution in [-0.4, -0.2) is 22.8 Å². The van der Waals surface area contributed by atoms with Crippen molar-refractivity contribution in [3.05, 3.63) is 77.0 Å². The number of hydrogen-bond acceptors (Lipinski definition) is 4. The Labute approximate surface area is 156 Å². The molecule has 1 atom stereocenters. The van der Waals surface area contributed by atoms with Gasteiger partial charge in [0.1, 0.15) is 0 Å². The lowest BCUT2D eigenvalue weighted by atomic mass is 10.0. The zero-order valence-corrected chi connectivity index (χ0v) is 15.0. The molecule has 0 spiro atoms. The number of aryl methyl sites for hydroxylation is 1. The number of para-hydroxylation sites is 1. The zero-order valence-electron chi connectivity index (χ0n) is 15.0. The van der Waals surface area contributed by atoms with E-state index < -0.39 is 12.1 Å². The number of esters is 1. The van der Waals surface area contributed by atoms with E-state index in [4.69, 9.17) is 10.00 Å². The molecule has 0 radical (unpaired) electrons. The van der Waals surface area contributed by atoms with Gasteiger partial charge >= 0.3 is 5.97 Å². The Kier molecular flexibility index (Phi) is 5.18. The van der Waals surface area contributed by atoms with Crippen LogP contribution in [-0.2, 0) is 9.53 Å². The molecule has 27 heavy (non-hydrogen) atoms. The van der Waals surface area contributed by atoms with E-state index in [1.165, 1.54) is 6.08 Å². The maximum atomic E-state index is 12.8. The molecule has 1 aromatic heterocycles. The first-order valence-corrected chi connectivity index (χ1v) is 8.50. The van der Waals surface area contributed by atoms with Crippen molar-refractivity contribution in [3.63, 3.8) is 0 Å². The molecule has 3 rings (SSSR count). The van der Waals surface area contributed by atoms with E-state index in [9.17, 15) is 9.59 Å². The van der Waals surface area contributed by atoms with E-state index in [1.807, 2.05) is 37.3 Å². The van der Waals surface area contributed by atoms with Gasteiger partial charge in [-0.1, -0.05) is 30.3 Å². The normalized spacial score (nSPS) is 12.0. The molecule has 0 aliphatic heterocycles. The van der Waals surface area contributed by atoms with Crippen molar-refractivity contribution in [1.29, 1.82) is 5.26 Å². The van der Waals surface area contributed by atoms with Crippen LogP contribution in [0.2, 0.25) is 0 Å². The summed E-state index contributed by atoms with van der Waals surface area (Å²) in [5.41, 5.74) is 3.47. The number of nitrogens with zero attached hydrogens (tertiary/aromatic N) is 1. The van der Waals surface area contributed by atoms with Crippen LogP contribution in [0.3, 0.4) is 0 Å². The van der Waals surface area contributed by atoms with Gasteiger partial charge in [-0.05, 0) is 43.7 Å². The maximum Gasteiger partial charge on any atom is 0.331 e. The van der Waals surface area contributed by atoms with Crippen LogP contribution >= 0.6 is 0 Å². The van der Waals surface area contributed by atoms with Crippen molar-refractivity contribution in [2.24, 2.45) is 0 Å². The largest absolute Gasteiger partial charge is 0.451 e. The fraction of sp³-hybridized carbons (Fsp3) is 0.136. The minimum absolute atomic E-state index is 0.245. The van der Waals surface area contributed by atoms with Crippen LogP contribution in [0.5, 0.6) is 0 Å². The van der Waals surface area contributed by atoms with Gasteiger partial charge in [-0.3, -0.25) is 4.79 Å². The van der Waals surface area contributed by atoms with Crippen LogP contribution in [0.4, 0.5) is 0 Å². The summed E-state index contributed by atoms with van der Waals surface area (Å²) in [4.78, 5) is 28.0. The lowest BCUT2D eigenvalue weighted by molar-refractivity contribution is -0.140. The number of H-pyrrole nitrogens is 1. The molecular formula is C22H18N2O3. The van der Waals surface area contributed by atoms with Crippen LogP contribution in [0.25, 0.3) is 17.0 Å². The number of Topliss-reactive ketones (excluding diaryl/α,β-unsaturated/α-hetero) is 1. The molecule has 2 aromatic carbocycles. The van der Waals surface area contributed by atoms with Gasteiger partial charge in [0.05, 0.1) is 11.6 Å². The average molecular weight is 358 g/mol. The van der Waals surface area contributed by atoms with Crippen LogP contribution in [0.15, 0.2) is 54.6 Å². The van der Waals surface area contributed by atoms with Gasteiger partial charge in [-0.2, -0.15) is 5.26 Å². The number of carbonyl (C=O) groups is 2. The van der Waals surface area contributed by atoms with Gasteiger partial charge in [0.15, 0.2) is 6.10 Å². The number of fused-ring (bicyclic) bond motifs is 1. The Bertz CT molecular complexity index is 1070. The Balaban J connectivity index is 1.70. The van der Waals surface area contributed by atoms with E-state index >= 15 is 0 Å². The van der Waals surface area contributed by atoms with Gasteiger partial charge in [-0.25, -0.2) is 4.79 Å². The van der Waals surface area contributed by atoms with Crippen molar-refractivity contribution < 1.29 is 14.3 Å². The molecule has 3 aromatic rings. The fourth-order valence-electron chi connectivity index (χ4n) is 2.90. The molecule has 5 nitrogen and oxygen atoms in total. The molecule has 1 N–H and O–H groups in total. The molecule has 0 aliphatic rings. The Hall–Kier alpha value is -3.65. The Morgan fingerprint density at radius 1 is 1.15 bits per heavy atom. The second-order valence-corrected chi connectivity index (χ2v) is 6.18. The van der Waals surface area contributed by atoms with Gasteiger partial charge in [0.25, 0.3) is 0 Å². The van der Waals surface area contributed by atoms with E-state index in [1.54, 1.807) is 37.3 Å². The first-order chi connectivity index (χ1) is 13.0. The summed E-state index contributed by atoms with van der Waals surface area (Å²) < 4.78 is 5.26. The summed E-state index contributed by atoms with van der Waals surface area (Å²) in [5, 5.41) is 9.60. The highest BCUT2D eigenvalue weighted by Gasteiger charge is 2.23. The second kappa shape index (κ2) is 7.71. The minimum Gasteiger partial charge on any atom is -0.451 e. The first kappa shape index (κ1) is 18.2. The number of rotatable bonds is 5. The van der Waals surface area contributed by atoms with Crippen LogP contribution in [0.1, 0.15) is 34.1 Å². The highest BCUT2D eigenvalue weighted by molar-refractivity contribution is 6.11. The first-order valence-electron chi connectivity index (χ1n) is 8.50. The van der Waals surface area contributed by atoms with Crippen molar-refractivity contribution in [3.8, 4) is 6.07 Å². The summed E-state index contributed by atoms with van der Waals surface area (Å²) in [7, 11) is 0. The third-order valence-corrected chi connectivity index (χ3v) is 4.25. The molecule has 0 saturated carbocycles. The van der Waals surface area contributed by atoms with Crippen molar-refractivity contribution in [2.45, 2.75) is 20.0 Å². The zero-order chi connectivity index (χ0) is 19.4. The minimum atomic E-state index is -0.902. The third-order valence-electron chi connectivity index (χ3n) is 4.25. The van der Waals surface area contributed by atoms with Crippen LogP contribution < -0.4 is 0 Å². The molecule has 134 valence electrons. The molecule has 0 amide bonds. The highest BCUT2D eigenvalue weighted by atomic mass is 16.5. The van der Waals surface area contributed by atoms with E-state index in [0.717, 1.165) is 22.2 Å². The molecule has 0 bridgehead atoms. The fourth-order valence-corrected chi connectivity index (χ4v) is 2.90. The smallest absolute Gasteiger partial charge is 0.331 e. The predicted molar refractivity (Wildman–Crippen MR) is 103 cm³/mol. The maximum absolute atomic E-state index is 12.8.